The molecule has 1 aliphatic heterocycles. The lowest BCUT2D eigenvalue weighted by Gasteiger charge is -2.37. The van der Waals surface area contributed by atoms with Gasteiger partial charge in [0.1, 0.15) is 18.5 Å². The van der Waals surface area contributed by atoms with Crippen LogP contribution in [-0.2, 0) is 9.57 Å². The predicted octanol–water partition coefficient (Wildman–Crippen LogP) is 4.15. The Labute approximate surface area is 178 Å². The zero-order valence-electron chi connectivity index (χ0n) is 16.5. The molecular weight excluding hydrogens is 400 g/mol. The van der Waals surface area contributed by atoms with Crippen molar-refractivity contribution in [1.29, 1.82) is 0 Å². The predicted molar refractivity (Wildman–Crippen MR) is 111 cm³/mol. The quantitative estimate of drug-likeness (QED) is 0.440. The minimum Gasteiger partial charge on any atom is -0.491 e. The first-order valence-corrected chi connectivity index (χ1v) is 9.71. The summed E-state index contributed by atoms with van der Waals surface area (Å²) in [7, 11) is 0. The maximum absolute atomic E-state index is 13.0. The smallest absolute Gasteiger partial charge is 0.277 e. The molecule has 0 aliphatic carbocycles. The highest BCUT2D eigenvalue weighted by Crippen LogP contribution is 2.30. The second-order valence-corrected chi connectivity index (χ2v) is 6.90. The van der Waals surface area contributed by atoms with Gasteiger partial charge in [-0.25, -0.2) is 9.90 Å². The third kappa shape index (κ3) is 5.06. The van der Waals surface area contributed by atoms with E-state index in [-0.39, 0.29) is 24.7 Å². The fraction of sp³-hybridized carbons (Fsp3) is 0.174. The molecule has 8 heteroatoms. The summed E-state index contributed by atoms with van der Waals surface area (Å²) in [6.07, 6.45) is -1.50. The van der Waals surface area contributed by atoms with Crippen LogP contribution in [0.1, 0.15) is 22.2 Å². The molecule has 0 aromatic heterocycles. The Kier molecular flexibility index (Phi) is 6.21. The van der Waals surface area contributed by atoms with Gasteiger partial charge in [0.05, 0.1) is 11.5 Å². The van der Waals surface area contributed by atoms with Gasteiger partial charge in [0.2, 0.25) is 6.29 Å². The number of benzene rings is 3. The molecule has 158 valence electrons. The third-order valence-corrected chi connectivity index (χ3v) is 4.69. The standard InChI is InChI=1S/C23H20N2O6/c26-22(17-8-3-1-4-9-17)24-15-21(16-29-20-12-5-2-6-13-20)30-23(31-24)18-10-7-11-19(14-18)25(27)28/h1-14,21,23H,15-16H2/t21-,23-/m1/s1. The molecule has 0 spiro atoms. The molecular formula is C23H20N2O6. The first-order valence-electron chi connectivity index (χ1n) is 9.71. The minimum absolute atomic E-state index is 0.0895. The van der Waals surface area contributed by atoms with E-state index in [0.717, 1.165) is 0 Å². The molecule has 0 saturated carbocycles. The van der Waals surface area contributed by atoms with E-state index in [2.05, 4.69) is 0 Å². The van der Waals surface area contributed by atoms with Crippen LogP contribution in [0.15, 0.2) is 84.9 Å². The fourth-order valence-corrected chi connectivity index (χ4v) is 3.16. The topological polar surface area (TPSA) is 91.1 Å². The average Bonchev–Trinajstić information content (AvgIpc) is 2.83. The Hall–Kier alpha value is -3.75. The number of carbonyl (C=O) groups is 1. The number of nitrogens with zero attached hydrogens (tertiary/aromatic N) is 2. The van der Waals surface area contributed by atoms with E-state index < -0.39 is 17.3 Å². The molecule has 31 heavy (non-hydrogen) atoms. The summed E-state index contributed by atoms with van der Waals surface area (Å²) < 4.78 is 11.8. The lowest BCUT2D eigenvalue weighted by molar-refractivity contribution is -0.385. The number of nitro benzene ring substituents is 1. The van der Waals surface area contributed by atoms with Gasteiger partial charge in [-0.1, -0.05) is 48.5 Å². The second kappa shape index (κ2) is 9.38. The van der Waals surface area contributed by atoms with Crippen LogP contribution >= 0.6 is 0 Å². The summed E-state index contributed by atoms with van der Waals surface area (Å²) in [6.45, 7) is 0.323. The third-order valence-electron chi connectivity index (χ3n) is 4.69. The molecule has 0 bridgehead atoms. The van der Waals surface area contributed by atoms with E-state index in [9.17, 15) is 14.9 Å². The van der Waals surface area contributed by atoms with Crippen molar-refractivity contribution in [3.05, 3.63) is 106 Å². The van der Waals surface area contributed by atoms with Crippen molar-refractivity contribution >= 4 is 11.6 Å². The average molecular weight is 420 g/mol. The number of nitro groups is 1. The van der Waals surface area contributed by atoms with E-state index in [1.165, 1.54) is 17.2 Å². The van der Waals surface area contributed by atoms with Crippen molar-refractivity contribution in [2.45, 2.75) is 12.4 Å². The van der Waals surface area contributed by atoms with Gasteiger partial charge in [-0.05, 0) is 24.3 Å². The number of hydrogen-bond acceptors (Lipinski definition) is 6. The van der Waals surface area contributed by atoms with Gasteiger partial charge < -0.3 is 9.47 Å². The number of non-ortho nitro benzene ring substituents is 1. The van der Waals surface area contributed by atoms with Gasteiger partial charge in [-0.2, -0.15) is 0 Å². The molecule has 3 aromatic rings. The van der Waals surface area contributed by atoms with Crippen molar-refractivity contribution in [2.75, 3.05) is 13.2 Å². The molecule has 1 fully saturated rings. The van der Waals surface area contributed by atoms with E-state index in [4.69, 9.17) is 14.3 Å². The Morgan fingerprint density at radius 1 is 1.03 bits per heavy atom. The molecule has 1 aliphatic rings. The number of hydroxylamine groups is 2. The van der Waals surface area contributed by atoms with Crippen LogP contribution in [0.3, 0.4) is 0 Å². The minimum atomic E-state index is -0.995. The summed E-state index contributed by atoms with van der Waals surface area (Å²) in [4.78, 5) is 29.4. The first kappa shape index (κ1) is 20.5. The normalized spacial score (nSPS) is 18.4. The lowest BCUT2D eigenvalue weighted by atomic mass is 10.1. The molecule has 0 N–H and O–H groups in total. The monoisotopic (exact) mass is 420 g/mol. The van der Waals surface area contributed by atoms with Crippen LogP contribution in [-0.4, -0.2) is 35.1 Å². The Balaban J connectivity index is 1.56. The van der Waals surface area contributed by atoms with Crippen molar-refractivity contribution < 1.29 is 24.0 Å². The molecule has 1 amide bonds. The van der Waals surface area contributed by atoms with Crippen LogP contribution in [0.25, 0.3) is 0 Å². The van der Waals surface area contributed by atoms with E-state index in [0.29, 0.717) is 16.9 Å². The summed E-state index contributed by atoms with van der Waals surface area (Å²) >= 11 is 0. The molecule has 3 aromatic carbocycles. The maximum Gasteiger partial charge on any atom is 0.277 e. The van der Waals surface area contributed by atoms with E-state index in [1.54, 1.807) is 36.4 Å². The van der Waals surface area contributed by atoms with Gasteiger partial charge in [-0.3, -0.25) is 14.9 Å². The molecule has 2 atom stereocenters. The molecule has 8 nitrogen and oxygen atoms in total. The zero-order chi connectivity index (χ0) is 21.6. The van der Waals surface area contributed by atoms with Crippen LogP contribution in [0.5, 0.6) is 5.75 Å². The fourth-order valence-electron chi connectivity index (χ4n) is 3.16. The van der Waals surface area contributed by atoms with Gasteiger partial charge in [-0.15, -0.1) is 0 Å². The van der Waals surface area contributed by atoms with Crippen LogP contribution < -0.4 is 4.74 Å². The SMILES string of the molecule is O=C(c1ccccc1)N1C[C@H](COc2ccccc2)O[C@@H](c2cccc([N+](=O)[O-])c2)O1. The summed E-state index contributed by atoms with van der Waals surface area (Å²) in [5.41, 5.74) is 0.808. The highest BCUT2D eigenvalue weighted by molar-refractivity contribution is 5.93. The van der Waals surface area contributed by atoms with Crippen LogP contribution in [0.2, 0.25) is 0 Å². The highest BCUT2D eigenvalue weighted by Gasteiger charge is 2.34. The second-order valence-electron chi connectivity index (χ2n) is 6.90. The van der Waals surface area contributed by atoms with Crippen molar-refractivity contribution in [3.63, 3.8) is 0 Å². The van der Waals surface area contributed by atoms with Gasteiger partial charge in [0.15, 0.2) is 0 Å². The molecule has 4 rings (SSSR count). The van der Waals surface area contributed by atoms with Crippen LogP contribution in [0, 0.1) is 10.1 Å². The van der Waals surface area contributed by atoms with Crippen LogP contribution in [0.4, 0.5) is 5.69 Å². The van der Waals surface area contributed by atoms with E-state index >= 15 is 0 Å². The Bertz CT molecular complexity index is 1040. The number of rotatable bonds is 6. The summed E-state index contributed by atoms with van der Waals surface area (Å²) in [5, 5.41) is 12.4. The first-order chi connectivity index (χ1) is 15.1. The van der Waals surface area contributed by atoms with E-state index in [1.807, 2.05) is 36.4 Å². The molecule has 1 saturated heterocycles. The number of hydrogen-bond donors (Lipinski definition) is 0. The number of ether oxygens (including phenoxy) is 2. The summed E-state index contributed by atoms with van der Waals surface area (Å²) in [5.74, 6) is 0.342. The van der Waals surface area contributed by atoms with Crippen molar-refractivity contribution in [2.24, 2.45) is 0 Å². The molecule has 1 heterocycles. The summed E-state index contributed by atoms with van der Waals surface area (Å²) in [6, 6.07) is 23.9. The lowest BCUT2D eigenvalue weighted by Crippen LogP contribution is -2.47. The van der Waals surface area contributed by atoms with Gasteiger partial charge >= 0.3 is 0 Å². The maximum atomic E-state index is 13.0. The van der Waals surface area contributed by atoms with Gasteiger partial charge in [0.25, 0.3) is 11.6 Å². The molecule has 0 unspecified atom stereocenters. The molecule has 0 radical (unpaired) electrons. The van der Waals surface area contributed by atoms with Crippen molar-refractivity contribution in [1.82, 2.24) is 5.06 Å². The highest BCUT2D eigenvalue weighted by atomic mass is 16.8. The zero-order valence-corrected chi connectivity index (χ0v) is 16.5. The Morgan fingerprint density at radius 3 is 2.45 bits per heavy atom. The largest absolute Gasteiger partial charge is 0.491 e. The Morgan fingerprint density at radius 2 is 1.74 bits per heavy atom. The number of amides is 1. The van der Waals surface area contributed by atoms with Gasteiger partial charge in [0, 0.05) is 23.3 Å². The number of carbonyl (C=O) groups excluding carboxylic acids is 1. The number of para-hydroxylation sites is 1. The van der Waals surface area contributed by atoms with Crippen molar-refractivity contribution in [3.8, 4) is 5.75 Å².